The smallest absolute Gasteiger partial charge is 0.123 e. The third-order valence-corrected chi connectivity index (χ3v) is 2.54. The summed E-state index contributed by atoms with van der Waals surface area (Å²) < 4.78 is 18.5. The molecule has 84 valence electrons. The highest BCUT2D eigenvalue weighted by Crippen LogP contribution is 2.21. The van der Waals surface area contributed by atoms with Gasteiger partial charge < -0.3 is 10.5 Å². The number of hydrogen-bond donors (Lipinski definition) is 1. The molecule has 0 aliphatic carbocycles. The Morgan fingerprint density at radius 1 is 1.47 bits per heavy atom. The van der Waals surface area contributed by atoms with Crippen LogP contribution in [0.2, 0.25) is 0 Å². The van der Waals surface area contributed by atoms with Crippen molar-refractivity contribution < 1.29 is 9.13 Å². The number of ether oxygens (including phenoxy) is 1. The summed E-state index contributed by atoms with van der Waals surface area (Å²) in [6, 6.07) is 4.39. The Balaban J connectivity index is 2.89. The predicted molar refractivity (Wildman–Crippen MR) is 59.2 cm³/mol. The largest absolute Gasteiger partial charge is 0.377 e. The van der Waals surface area contributed by atoms with Gasteiger partial charge >= 0.3 is 0 Å². The quantitative estimate of drug-likeness (QED) is 0.830. The zero-order valence-corrected chi connectivity index (χ0v) is 9.46. The van der Waals surface area contributed by atoms with Crippen molar-refractivity contribution in [2.75, 3.05) is 6.61 Å². The third kappa shape index (κ3) is 3.01. The molecule has 0 amide bonds. The fourth-order valence-electron chi connectivity index (χ4n) is 1.59. The minimum atomic E-state index is -0.277. The minimum absolute atomic E-state index is 0.101. The summed E-state index contributed by atoms with van der Waals surface area (Å²) in [6.07, 6.45) is -0.101. The van der Waals surface area contributed by atoms with Crippen molar-refractivity contribution in [3.8, 4) is 0 Å². The van der Waals surface area contributed by atoms with E-state index in [-0.39, 0.29) is 18.0 Å². The van der Waals surface area contributed by atoms with E-state index in [0.717, 1.165) is 11.1 Å². The molecule has 0 aliphatic rings. The van der Waals surface area contributed by atoms with Gasteiger partial charge in [0.1, 0.15) is 5.82 Å². The fourth-order valence-corrected chi connectivity index (χ4v) is 1.59. The van der Waals surface area contributed by atoms with Crippen LogP contribution in [0.4, 0.5) is 4.39 Å². The molecular formula is C12H18FNO. The molecule has 0 aromatic heterocycles. The van der Waals surface area contributed by atoms with Gasteiger partial charge in [0, 0.05) is 6.61 Å². The molecule has 15 heavy (non-hydrogen) atoms. The fraction of sp³-hybridized carbons (Fsp3) is 0.500. The van der Waals surface area contributed by atoms with Crippen LogP contribution in [-0.4, -0.2) is 12.7 Å². The first kappa shape index (κ1) is 12.1. The summed E-state index contributed by atoms with van der Waals surface area (Å²) >= 11 is 0. The van der Waals surface area contributed by atoms with Gasteiger partial charge in [0.2, 0.25) is 0 Å². The molecular weight excluding hydrogens is 193 g/mol. The average Bonchev–Trinajstić information content (AvgIpc) is 2.21. The van der Waals surface area contributed by atoms with Gasteiger partial charge in [-0.05, 0) is 44.0 Å². The van der Waals surface area contributed by atoms with Crippen molar-refractivity contribution in [2.45, 2.75) is 32.9 Å². The summed E-state index contributed by atoms with van der Waals surface area (Å²) in [5.41, 5.74) is 7.81. The summed E-state index contributed by atoms with van der Waals surface area (Å²) in [5.74, 6) is -0.255. The van der Waals surface area contributed by atoms with Gasteiger partial charge in [0.15, 0.2) is 0 Å². The second kappa shape index (κ2) is 5.24. The first-order valence-electron chi connectivity index (χ1n) is 5.19. The second-order valence-corrected chi connectivity index (χ2v) is 3.69. The van der Waals surface area contributed by atoms with Gasteiger partial charge in [-0.2, -0.15) is 0 Å². The summed E-state index contributed by atoms with van der Waals surface area (Å²) in [5, 5.41) is 0. The zero-order valence-electron chi connectivity index (χ0n) is 9.46. The van der Waals surface area contributed by atoms with Crippen molar-refractivity contribution in [3.05, 3.63) is 35.1 Å². The SMILES string of the molecule is CCOC(C)C(N)c1cc(F)ccc1C. The Hall–Kier alpha value is -0.930. The molecule has 1 aromatic rings. The van der Waals surface area contributed by atoms with Crippen LogP contribution in [0.5, 0.6) is 0 Å². The van der Waals surface area contributed by atoms with Gasteiger partial charge in [0.25, 0.3) is 0 Å². The highest BCUT2D eigenvalue weighted by Gasteiger charge is 2.17. The molecule has 1 aromatic carbocycles. The van der Waals surface area contributed by atoms with E-state index in [1.165, 1.54) is 12.1 Å². The normalized spacial score (nSPS) is 15.0. The molecule has 0 saturated carbocycles. The van der Waals surface area contributed by atoms with E-state index in [0.29, 0.717) is 6.61 Å². The van der Waals surface area contributed by atoms with Gasteiger partial charge in [-0.3, -0.25) is 0 Å². The van der Waals surface area contributed by atoms with Gasteiger partial charge in [-0.25, -0.2) is 4.39 Å². The first-order valence-corrected chi connectivity index (χ1v) is 5.19. The van der Waals surface area contributed by atoms with Crippen LogP contribution in [0.15, 0.2) is 18.2 Å². The van der Waals surface area contributed by atoms with Crippen LogP contribution >= 0.6 is 0 Å². The molecule has 2 nitrogen and oxygen atoms in total. The lowest BCUT2D eigenvalue weighted by Crippen LogP contribution is -2.27. The zero-order chi connectivity index (χ0) is 11.4. The summed E-state index contributed by atoms with van der Waals surface area (Å²) in [6.45, 7) is 6.36. The van der Waals surface area contributed by atoms with E-state index in [1.54, 1.807) is 6.07 Å². The Kier molecular flexibility index (Phi) is 4.24. The predicted octanol–water partition coefficient (Wildman–Crippen LogP) is 2.56. The number of hydrogen-bond acceptors (Lipinski definition) is 2. The van der Waals surface area contributed by atoms with Crippen LogP contribution in [0.25, 0.3) is 0 Å². The molecule has 1 rings (SSSR count). The molecule has 0 bridgehead atoms. The Labute approximate surface area is 90.2 Å². The van der Waals surface area contributed by atoms with E-state index in [9.17, 15) is 4.39 Å². The van der Waals surface area contributed by atoms with E-state index >= 15 is 0 Å². The number of halogens is 1. The van der Waals surface area contributed by atoms with Gasteiger partial charge in [-0.15, -0.1) is 0 Å². The maximum Gasteiger partial charge on any atom is 0.123 e. The molecule has 2 atom stereocenters. The number of benzene rings is 1. The minimum Gasteiger partial charge on any atom is -0.377 e. The highest BCUT2D eigenvalue weighted by atomic mass is 19.1. The van der Waals surface area contributed by atoms with E-state index in [4.69, 9.17) is 10.5 Å². The number of aryl methyl sites for hydroxylation is 1. The second-order valence-electron chi connectivity index (χ2n) is 3.69. The third-order valence-electron chi connectivity index (χ3n) is 2.54. The van der Waals surface area contributed by atoms with Crippen LogP contribution in [-0.2, 0) is 4.74 Å². The van der Waals surface area contributed by atoms with Crippen LogP contribution in [0, 0.1) is 12.7 Å². The van der Waals surface area contributed by atoms with Gasteiger partial charge in [-0.1, -0.05) is 6.07 Å². The van der Waals surface area contributed by atoms with Crippen molar-refractivity contribution in [1.82, 2.24) is 0 Å². The molecule has 2 unspecified atom stereocenters. The van der Waals surface area contributed by atoms with Gasteiger partial charge in [0.05, 0.1) is 12.1 Å². The van der Waals surface area contributed by atoms with Crippen LogP contribution in [0.3, 0.4) is 0 Å². The van der Waals surface area contributed by atoms with Crippen molar-refractivity contribution >= 4 is 0 Å². The van der Waals surface area contributed by atoms with Crippen LogP contribution < -0.4 is 5.73 Å². The van der Waals surface area contributed by atoms with E-state index in [2.05, 4.69) is 0 Å². The summed E-state index contributed by atoms with van der Waals surface area (Å²) in [7, 11) is 0. The Morgan fingerprint density at radius 2 is 2.13 bits per heavy atom. The maximum atomic E-state index is 13.1. The molecule has 0 heterocycles. The van der Waals surface area contributed by atoms with Crippen molar-refractivity contribution in [2.24, 2.45) is 5.73 Å². The van der Waals surface area contributed by atoms with Crippen LogP contribution in [0.1, 0.15) is 31.0 Å². The Bertz CT molecular complexity index is 327. The molecule has 3 heteroatoms. The lowest BCUT2D eigenvalue weighted by atomic mass is 9.98. The van der Waals surface area contributed by atoms with E-state index in [1.807, 2.05) is 20.8 Å². The molecule has 0 radical (unpaired) electrons. The standard InChI is InChI=1S/C12H18FNO/c1-4-15-9(3)12(14)11-7-10(13)6-5-8(11)2/h5-7,9,12H,4,14H2,1-3H3. The lowest BCUT2D eigenvalue weighted by molar-refractivity contribution is 0.0572. The summed E-state index contributed by atoms with van der Waals surface area (Å²) in [4.78, 5) is 0. The molecule has 0 fully saturated rings. The van der Waals surface area contributed by atoms with E-state index < -0.39 is 0 Å². The highest BCUT2D eigenvalue weighted by molar-refractivity contribution is 5.29. The maximum absolute atomic E-state index is 13.1. The molecule has 0 spiro atoms. The molecule has 0 aliphatic heterocycles. The molecule has 2 N–H and O–H groups in total. The van der Waals surface area contributed by atoms with Crippen molar-refractivity contribution in [3.63, 3.8) is 0 Å². The number of nitrogens with two attached hydrogens (primary N) is 1. The lowest BCUT2D eigenvalue weighted by Gasteiger charge is -2.21. The number of rotatable bonds is 4. The monoisotopic (exact) mass is 211 g/mol. The first-order chi connectivity index (χ1) is 7.06. The topological polar surface area (TPSA) is 35.2 Å². The molecule has 0 saturated heterocycles. The average molecular weight is 211 g/mol. The van der Waals surface area contributed by atoms with Crippen molar-refractivity contribution in [1.29, 1.82) is 0 Å². The Morgan fingerprint density at radius 3 is 2.73 bits per heavy atom.